The van der Waals surface area contributed by atoms with Crippen molar-refractivity contribution in [2.45, 2.75) is 6.04 Å². The molecule has 1 atom stereocenters. The lowest BCUT2D eigenvalue weighted by Crippen LogP contribution is -2.40. The molecule has 0 unspecified atom stereocenters. The number of phenolic OH excluding ortho intramolecular Hbond substituents is 2. The summed E-state index contributed by atoms with van der Waals surface area (Å²) in [5.74, 6) is -1.01. The summed E-state index contributed by atoms with van der Waals surface area (Å²) >= 11 is 0. The Labute approximate surface area is 160 Å². The molecule has 7 heteroatoms. The molecule has 0 saturated heterocycles. The maximum Gasteiger partial charge on any atom is 0.185 e. The number of hydroxylamine groups is 2. The van der Waals surface area contributed by atoms with E-state index >= 15 is 0 Å². The quantitative estimate of drug-likeness (QED) is 0.647. The molecule has 0 saturated carbocycles. The summed E-state index contributed by atoms with van der Waals surface area (Å²) in [4.78, 5) is 0. The van der Waals surface area contributed by atoms with Crippen LogP contribution in [0.15, 0.2) is 83.0 Å². The van der Waals surface area contributed by atoms with Gasteiger partial charge in [-0.1, -0.05) is 42.5 Å². The molecule has 0 radical (unpaired) electrons. The standard InChI is InChI=1S/C21H16FN3O3/c22-17-9-5-4-8-15(17)21-24-23-19(13-6-2-1-3-7-13)20(25(21)28)16-11-10-14(26)12-18(16)27/h1-12,20,26-28H/t20-/m1/s1. The number of amidine groups is 1. The highest BCUT2D eigenvalue weighted by atomic mass is 19.1. The molecule has 0 bridgehead atoms. The first kappa shape index (κ1) is 17.7. The van der Waals surface area contributed by atoms with E-state index in [0.29, 0.717) is 11.3 Å². The number of hydrogen-bond donors (Lipinski definition) is 3. The lowest BCUT2D eigenvalue weighted by atomic mass is 9.94. The number of nitrogens with zero attached hydrogens (tertiary/aromatic N) is 3. The van der Waals surface area contributed by atoms with Gasteiger partial charge >= 0.3 is 0 Å². The Bertz CT molecular complexity index is 1080. The van der Waals surface area contributed by atoms with Crippen LogP contribution in [0, 0.1) is 5.82 Å². The van der Waals surface area contributed by atoms with Gasteiger partial charge in [-0.05, 0) is 24.3 Å². The van der Waals surface area contributed by atoms with Crippen molar-refractivity contribution in [3.05, 3.63) is 95.3 Å². The summed E-state index contributed by atoms with van der Waals surface area (Å²) in [5.41, 5.74) is 1.40. The minimum Gasteiger partial charge on any atom is -0.508 e. The predicted molar refractivity (Wildman–Crippen MR) is 102 cm³/mol. The molecule has 3 N–H and O–H groups in total. The Morgan fingerprint density at radius 3 is 2.29 bits per heavy atom. The van der Waals surface area contributed by atoms with Gasteiger partial charge in [0, 0.05) is 17.2 Å². The maximum atomic E-state index is 14.3. The number of benzene rings is 3. The van der Waals surface area contributed by atoms with Crippen molar-refractivity contribution >= 4 is 11.5 Å². The van der Waals surface area contributed by atoms with E-state index in [4.69, 9.17) is 0 Å². The van der Waals surface area contributed by atoms with E-state index in [0.717, 1.165) is 5.06 Å². The molecule has 0 amide bonds. The van der Waals surface area contributed by atoms with Crippen molar-refractivity contribution in [3.63, 3.8) is 0 Å². The van der Waals surface area contributed by atoms with Gasteiger partial charge in [-0.2, -0.15) is 5.10 Å². The molecule has 0 aliphatic carbocycles. The zero-order valence-corrected chi connectivity index (χ0v) is 14.6. The van der Waals surface area contributed by atoms with Gasteiger partial charge in [0.1, 0.15) is 29.1 Å². The second-order valence-electron chi connectivity index (χ2n) is 6.24. The Balaban J connectivity index is 1.90. The van der Waals surface area contributed by atoms with Crippen molar-refractivity contribution in [1.82, 2.24) is 5.06 Å². The van der Waals surface area contributed by atoms with Crippen LogP contribution in [-0.2, 0) is 0 Å². The molecule has 0 spiro atoms. The van der Waals surface area contributed by atoms with Crippen molar-refractivity contribution < 1.29 is 19.8 Å². The SMILES string of the molecule is Oc1ccc([C@@H]2C(c3ccccc3)=NN=C(c3ccccc3F)N2O)c(O)c1. The smallest absolute Gasteiger partial charge is 0.185 e. The van der Waals surface area contributed by atoms with E-state index in [-0.39, 0.29) is 28.5 Å². The fourth-order valence-electron chi connectivity index (χ4n) is 3.13. The second kappa shape index (κ2) is 7.13. The Morgan fingerprint density at radius 1 is 0.857 bits per heavy atom. The molecule has 1 aliphatic rings. The summed E-state index contributed by atoms with van der Waals surface area (Å²) in [6.45, 7) is 0. The van der Waals surface area contributed by atoms with Crippen molar-refractivity contribution in [1.29, 1.82) is 0 Å². The summed E-state index contributed by atoms with van der Waals surface area (Å²) in [6, 6.07) is 18.0. The lowest BCUT2D eigenvalue weighted by molar-refractivity contribution is -0.0354. The minimum atomic E-state index is -0.963. The van der Waals surface area contributed by atoms with E-state index in [1.54, 1.807) is 18.2 Å². The average Bonchev–Trinajstić information content (AvgIpc) is 2.70. The topological polar surface area (TPSA) is 88.7 Å². The minimum absolute atomic E-state index is 0.0733. The van der Waals surface area contributed by atoms with E-state index in [9.17, 15) is 19.8 Å². The molecule has 28 heavy (non-hydrogen) atoms. The highest BCUT2D eigenvalue weighted by molar-refractivity contribution is 6.11. The van der Waals surface area contributed by atoms with Crippen molar-refractivity contribution in [3.8, 4) is 11.5 Å². The summed E-state index contributed by atoms with van der Waals surface area (Å²) in [5, 5.41) is 40.0. The van der Waals surface area contributed by atoms with Gasteiger partial charge in [-0.15, -0.1) is 5.10 Å². The molecule has 3 aromatic rings. The number of hydrogen-bond acceptors (Lipinski definition) is 6. The van der Waals surface area contributed by atoms with Crippen LogP contribution in [0.5, 0.6) is 11.5 Å². The maximum absolute atomic E-state index is 14.3. The average molecular weight is 377 g/mol. The number of aromatic hydroxyl groups is 2. The largest absolute Gasteiger partial charge is 0.508 e. The molecular formula is C21H16FN3O3. The molecule has 1 heterocycles. The third-order valence-corrected chi connectivity index (χ3v) is 4.47. The van der Waals surface area contributed by atoms with E-state index < -0.39 is 11.9 Å². The number of halogens is 1. The van der Waals surface area contributed by atoms with Gasteiger partial charge < -0.3 is 10.2 Å². The van der Waals surface area contributed by atoms with Gasteiger partial charge in [0.05, 0.1) is 5.56 Å². The second-order valence-corrected chi connectivity index (χ2v) is 6.24. The van der Waals surface area contributed by atoms with E-state index in [1.807, 2.05) is 18.2 Å². The van der Waals surface area contributed by atoms with Gasteiger partial charge in [0.25, 0.3) is 0 Å². The molecule has 0 fully saturated rings. The van der Waals surface area contributed by atoms with E-state index in [2.05, 4.69) is 10.2 Å². The molecule has 0 aromatic heterocycles. The first-order valence-electron chi connectivity index (χ1n) is 8.52. The first-order chi connectivity index (χ1) is 13.6. The zero-order valence-electron chi connectivity index (χ0n) is 14.6. The monoisotopic (exact) mass is 377 g/mol. The third kappa shape index (κ3) is 3.08. The van der Waals surface area contributed by atoms with Crippen LogP contribution >= 0.6 is 0 Å². The molecule has 1 aliphatic heterocycles. The molecule has 3 aromatic carbocycles. The highest BCUT2D eigenvalue weighted by Crippen LogP contribution is 2.36. The Morgan fingerprint density at radius 2 is 1.57 bits per heavy atom. The third-order valence-electron chi connectivity index (χ3n) is 4.47. The van der Waals surface area contributed by atoms with Crippen LogP contribution in [0.4, 0.5) is 4.39 Å². The number of rotatable bonds is 3. The summed E-state index contributed by atoms with van der Waals surface area (Å²) < 4.78 is 14.3. The van der Waals surface area contributed by atoms with Gasteiger partial charge in [-0.3, -0.25) is 5.21 Å². The fourth-order valence-corrected chi connectivity index (χ4v) is 3.13. The molecule has 4 rings (SSSR count). The van der Waals surface area contributed by atoms with Gasteiger partial charge in [0.2, 0.25) is 0 Å². The van der Waals surface area contributed by atoms with Crippen LogP contribution < -0.4 is 0 Å². The first-order valence-corrected chi connectivity index (χ1v) is 8.52. The van der Waals surface area contributed by atoms with Crippen molar-refractivity contribution in [2.24, 2.45) is 10.2 Å². The van der Waals surface area contributed by atoms with E-state index in [1.165, 1.54) is 36.4 Å². The predicted octanol–water partition coefficient (Wildman–Crippen LogP) is 3.83. The van der Waals surface area contributed by atoms with Crippen molar-refractivity contribution in [2.75, 3.05) is 0 Å². The fraction of sp³-hybridized carbons (Fsp3) is 0.0476. The normalized spacial score (nSPS) is 16.5. The molecule has 6 nitrogen and oxygen atoms in total. The highest BCUT2D eigenvalue weighted by Gasteiger charge is 2.35. The zero-order chi connectivity index (χ0) is 19.7. The van der Waals surface area contributed by atoms with Crippen LogP contribution in [0.25, 0.3) is 0 Å². The lowest BCUT2D eigenvalue weighted by Gasteiger charge is -2.32. The summed E-state index contributed by atoms with van der Waals surface area (Å²) in [6.07, 6.45) is 0. The Hall–Kier alpha value is -3.71. The van der Waals surface area contributed by atoms with Crippen LogP contribution in [-0.4, -0.2) is 32.0 Å². The summed E-state index contributed by atoms with van der Waals surface area (Å²) in [7, 11) is 0. The van der Waals surface area contributed by atoms with Crippen LogP contribution in [0.3, 0.4) is 0 Å². The van der Waals surface area contributed by atoms with Crippen LogP contribution in [0.2, 0.25) is 0 Å². The molecule has 140 valence electrons. The van der Waals surface area contributed by atoms with Crippen LogP contribution in [0.1, 0.15) is 22.7 Å². The van der Waals surface area contributed by atoms with Gasteiger partial charge in [-0.25, -0.2) is 9.45 Å². The van der Waals surface area contributed by atoms with Gasteiger partial charge in [0.15, 0.2) is 5.84 Å². The number of phenols is 2. The Kier molecular flexibility index (Phi) is 4.50. The molecular weight excluding hydrogens is 361 g/mol.